The molecule has 0 aromatic heterocycles. The number of rotatable bonds is 9. The quantitative estimate of drug-likeness (QED) is 0.134. The number of nitriles is 1. The number of halogens is 1. The Hall–Kier alpha value is -3.84. The first-order chi connectivity index (χ1) is 17.7. The Morgan fingerprint density at radius 2 is 1.70 bits per heavy atom. The molecule has 0 unspecified atom stereocenters. The van der Waals surface area contributed by atoms with Crippen molar-refractivity contribution in [3.63, 3.8) is 0 Å². The van der Waals surface area contributed by atoms with Crippen LogP contribution >= 0.6 is 22.6 Å². The van der Waals surface area contributed by atoms with E-state index in [0.717, 1.165) is 9.13 Å². The van der Waals surface area contributed by atoms with Crippen LogP contribution in [-0.2, 0) is 16.1 Å². The molecule has 8 heteroatoms. The van der Waals surface area contributed by atoms with Gasteiger partial charge in [0.05, 0.1) is 22.9 Å². The summed E-state index contributed by atoms with van der Waals surface area (Å²) in [6, 6.07) is 18.0. The van der Waals surface area contributed by atoms with Crippen molar-refractivity contribution in [3.8, 4) is 17.6 Å². The summed E-state index contributed by atoms with van der Waals surface area (Å²) in [6.07, 6.45) is 1.50. The minimum Gasteiger partial charge on any atom is -0.490 e. The van der Waals surface area contributed by atoms with Crippen molar-refractivity contribution in [2.45, 2.75) is 27.4 Å². The van der Waals surface area contributed by atoms with Crippen LogP contribution in [0.15, 0.2) is 60.2 Å². The maximum atomic E-state index is 12.7. The number of nitrogens with one attached hydrogen (secondary N) is 1. The first-order valence-corrected chi connectivity index (χ1v) is 12.6. The van der Waals surface area contributed by atoms with Gasteiger partial charge in [0.15, 0.2) is 11.5 Å². The van der Waals surface area contributed by atoms with Crippen molar-refractivity contribution in [2.75, 3.05) is 19.0 Å². The van der Waals surface area contributed by atoms with E-state index in [0.29, 0.717) is 41.5 Å². The standard InChI is InChI=1S/C29H27IN2O5/c1-5-36-26-15-20(14-25(30)27(26)37-17-21-11-18(2)10-19(3)12-21)13-23(16-31)28(33)32-24-8-6-22(7-9-24)29(34)35-4/h6-15H,5,17H2,1-4H3,(H,32,33)/b23-13+. The lowest BCUT2D eigenvalue weighted by Gasteiger charge is -2.15. The van der Waals surface area contributed by atoms with Gasteiger partial charge >= 0.3 is 5.97 Å². The molecule has 0 spiro atoms. The lowest BCUT2D eigenvalue weighted by atomic mass is 10.1. The third kappa shape index (κ3) is 7.57. The summed E-state index contributed by atoms with van der Waals surface area (Å²) in [4.78, 5) is 24.3. The van der Waals surface area contributed by atoms with Crippen LogP contribution in [0.25, 0.3) is 6.08 Å². The molecule has 0 radical (unpaired) electrons. The molecule has 0 fully saturated rings. The topological polar surface area (TPSA) is 97.7 Å². The molecular weight excluding hydrogens is 583 g/mol. The van der Waals surface area contributed by atoms with E-state index >= 15 is 0 Å². The highest BCUT2D eigenvalue weighted by molar-refractivity contribution is 14.1. The highest BCUT2D eigenvalue weighted by atomic mass is 127. The normalized spacial score (nSPS) is 10.9. The minimum absolute atomic E-state index is 0.0841. The molecule has 1 amide bonds. The molecule has 0 saturated heterocycles. The summed E-state index contributed by atoms with van der Waals surface area (Å²) in [6.45, 7) is 6.79. The van der Waals surface area contributed by atoms with Crippen LogP contribution in [0, 0.1) is 28.7 Å². The fraction of sp³-hybridized carbons (Fsp3) is 0.207. The van der Waals surface area contributed by atoms with Crippen molar-refractivity contribution in [1.29, 1.82) is 5.26 Å². The number of methoxy groups -OCH3 is 1. The molecule has 0 bridgehead atoms. The zero-order valence-corrected chi connectivity index (χ0v) is 23.2. The van der Waals surface area contributed by atoms with E-state index in [2.05, 4.69) is 50.8 Å². The van der Waals surface area contributed by atoms with Crippen LogP contribution in [-0.4, -0.2) is 25.6 Å². The zero-order valence-electron chi connectivity index (χ0n) is 21.1. The second-order valence-electron chi connectivity index (χ2n) is 8.24. The Kier molecular flexibility index (Phi) is 9.69. The lowest BCUT2D eigenvalue weighted by molar-refractivity contribution is -0.112. The maximum Gasteiger partial charge on any atom is 0.337 e. The van der Waals surface area contributed by atoms with Crippen molar-refractivity contribution in [3.05, 3.63) is 91.6 Å². The highest BCUT2D eigenvalue weighted by Gasteiger charge is 2.15. The molecule has 3 rings (SSSR count). The van der Waals surface area contributed by atoms with Gasteiger partial charge in [0, 0.05) is 5.69 Å². The molecule has 0 atom stereocenters. The van der Waals surface area contributed by atoms with E-state index in [1.807, 2.05) is 32.9 Å². The summed E-state index contributed by atoms with van der Waals surface area (Å²) in [7, 11) is 1.30. The summed E-state index contributed by atoms with van der Waals surface area (Å²) < 4.78 is 17.4. The number of esters is 1. The molecule has 3 aromatic carbocycles. The van der Waals surface area contributed by atoms with Crippen LogP contribution in [0.3, 0.4) is 0 Å². The number of aryl methyl sites for hydroxylation is 2. The van der Waals surface area contributed by atoms with Gasteiger partial charge in [-0.05, 0) is 97.0 Å². The monoisotopic (exact) mass is 610 g/mol. The van der Waals surface area contributed by atoms with E-state index in [4.69, 9.17) is 9.47 Å². The van der Waals surface area contributed by atoms with Gasteiger partial charge in [0.2, 0.25) is 0 Å². The predicted octanol–water partition coefficient (Wildman–Crippen LogP) is 6.22. The van der Waals surface area contributed by atoms with E-state index < -0.39 is 11.9 Å². The molecule has 0 aliphatic heterocycles. The molecular formula is C29H27IN2O5. The number of benzene rings is 3. The van der Waals surface area contributed by atoms with Crippen LogP contribution in [0.1, 0.15) is 39.5 Å². The van der Waals surface area contributed by atoms with E-state index in [9.17, 15) is 14.9 Å². The Labute approximate surface area is 230 Å². The van der Waals surface area contributed by atoms with Crippen LogP contribution in [0.2, 0.25) is 0 Å². The van der Waals surface area contributed by atoms with Gasteiger partial charge in [-0.3, -0.25) is 4.79 Å². The number of hydrogen-bond acceptors (Lipinski definition) is 6. The predicted molar refractivity (Wildman–Crippen MR) is 151 cm³/mol. The van der Waals surface area contributed by atoms with Crippen molar-refractivity contribution >= 4 is 46.2 Å². The highest BCUT2D eigenvalue weighted by Crippen LogP contribution is 2.35. The average Bonchev–Trinajstić information content (AvgIpc) is 2.86. The van der Waals surface area contributed by atoms with Crippen LogP contribution in [0.5, 0.6) is 11.5 Å². The van der Waals surface area contributed by atoms with Gasteiger partial charge < -0.3 is 19.5 Å². The SMILES string of the molecule is CCOc1cc(/C=C(\C#N)C(=O)Nc2ccc(C(=O)OC)cc2)cc(I)c1OCc1cc(C)cc(C)c1. The molecule has 1 N–H and O–H groups in total. The van der Waals surface area contributed by atoms with Gasteiger partial charge in [-0.25, -0.2) is 4.79 Å². The second-order valence-corrected chi connectivity index (χ2v) is 9.40. The molecule has 0 aliphatic carbocycles. The van der Waals surface area contributed by atoms with Gasteiger partial charge in [-0.1, -0.05) is 29.3 Å². The number of anilines is 1. The van der Waals surface area contributed by atoms with Gasteiger partial charge in [-0.2, -0.15) is 5.26 Å². The van der Waals surface area contributed by atoms with Gasteiger partial charge in [0.25, 0.3) is 5.91 Å². The van der Waals surface area contributed by atoms with E-state index in [1.165, 1.54) is 36.4 Å². The molecule has 0 saturated carbocycles. The fourth-order valence-electron chi connectivity index (χ4n) is 3.70. The Bertz CT molecular complexity index is 1350. The summed E-state index contributed by atoms with van der Waals surface area (Å²) in [5.41, 5.74) is 4.73. The third-order valence-corrected chi connectivity index (χ3v) is 6.04. The third-order valence-electron chi connectivity index (χ3n) is 5.24. The number of carbonyl (C=O) groups is 2. The lowest BCUT2D eigenvalue weighted by Crippen LogP contribution is -2.13. The van der Waals surface area contributed by atoms with Crippen molar-refractivity contribution < 1.29 is 23.8 Å². The molecule has 0 heterocycles. The number of ether oxygens (including phenoxy) is 3. The largest absolute Gasteiger partial charge is 0.490 e. The number of carbonyl (C=O) groups excluding carboxylic acids is 2. The molecule has 3 aromatic rings. The molecule has 37 heavy (non-hydrogen) atoms. The Morgan fingerprint density at radius 1 is 1.03 bits per heavy atom. The second kappa shape index (κ2) is 12.9. The first kappa shape index (κ1) is 27.7. The Morgan fingerprint density at radius 3 is 2.30 bits per heavy atom. The smallest absolute Gasteiger partial charge is 0.337 e. The van der Waals surface area contributed by atoms with Crippen LogP contribution < -0.4 is 14.8 Å². The molecule has 7 nitrogen and oxygen atoms in total. The van der Waals surface area contributed by atoms with Gasteiger partial charge in [0.1, 0.15) is 18.2 Å². The molecule has 0 aliphatic rings. The van der Waals surface area contributed by atoms with E-state index in [-0.39, 0.29) is 5.57 Å². The van der Waals surface area contributed by atoms with E-state index in [1.54, 1.807) is 18.2 Å². The Balaban J connectivity index is 1.82. The van der Waals surface area contributed by atoms with Crippen molar-refractivity contribution in [1.82, 2.24) is 0 Å². The van der Waals surface area contributed by atoms with Crippen LogP contribution in [0.4, 0.5) is 5.69 Å². The number of amides is 1. The first-order valence-electron chi connectivity index (χ1n) is 11.5. The number of hydrogen-bond donors (Lipinski definition) is 1. The van der Waals surface area contributed by atoms with Crippen molar-refractivity contribution in [2.24, 2.45) is 0 Å². The summed E-state index contributed by atoms with van der Waals surface area (Å²) >= 11 is 2.16. The average molecular weight is 610 g/mol. The summed E-state index contributed by atoms with van der Waals surface area (Å²) in [5.74, 6) is 0.0848. The minimum atomic E-state index is -0.573. The summed E-state index contributed by atoms with van der Waals surface area (Å²) in [5, 5.41) is 12.3. The maximum absolute atomic E-state index is 12.7. The molecule has 190 valence electrons. The van der Waals surface area contributed by atoms with Gasteiger partial charge in [-0.15, -0.1) is 0 Å². The number of nitrogens with zero attached hydrogens (tertiary/aromatic N) is 1. The fourth-order valence-corrected chi connectivity index (χ4v) is 4.48. The zero-order chi connectivity index (χ0) is 26.9.